The van der Waals surface area contributed by atoms with E-state index in [1.807, 2.05) is 18.2 Å². The van der Waals surface area contributed by atoms with Gasteiger partial charge in [0.2, 0.25) is 10.0 Å². The highest BCUT2D eigenvalue weighted by Crippen LogP contribution is 2.16. The summed E-state index contributed by atoms with van der Waals surface area (Å²) in [6.45, 7) is -0.297. The lowest BCUT2D eigenvalue weighted by atomic mass is 10.3. The molecule has 0 radical (unpaired) electrons. The van der Waals surface area contributed by atoms with Crippen molar-refractivity contribution in [3.8, 4) is 5.75 Å². The third kappa shape index (κ3) is 6.36. The van der Waals surface area contributed by atoms with Crippen molar-refractivity contribution in [2.45, 2.75) is 11.3 Å². The maximum Gasteiger partial charge on any atom is 0.309 e. The van der Waals surface area contributed by atoms with Crippen LogP contribution in [0.4, 0.5) is 5.69 Å². The van der Waals surface area contributed by atoms with Crippen LogP contribution in [-0.2, 0) is 24.3 Å². The normalized spacial score (nSPS) is 11.1. The van der Waals surface area contributed by atoms with Crippen LogP contribution >= 0.6 is 0 Å². The van der Waals surface area contributed by atoms with Crippen molar-refractivity contribution >= 4 is 27.6 Å². The molecule has 28 heavy (non-hydrogen) atoms. The molecule has 0 aliphatic rings. The van der Waals surface area contributed by atoms with Crippen molar-refractivity contribution in [1.29, 1.82) is 0 Å². The molecule has 1 N–H and O–H groups in total. The number of hydrogen-bond donors (Lipinski definition) is 1. The number of amides is 1. The van der Waals surface area contributed by atoms with E-state index < -0.39 is 28.5 Å². The van der Waals surface area contributed by atoms with Crippen LogP contribution in [0.2, 0.25) is 0 Å². The number of sulfonamides is 1. The number of carbonyl (C=O) groups is 2. The van der Waals surface area contributed by atoms with E-state index in [9.17, 15) is 18.0 Å². The molecule has 0 saturated carbocycles. The molecule has 0 atom stereocenters. The minimum Gasteiger partial charge on any atom is -0.493 e. The zero-order valence-electron chi connectivity index (χ0n) is 15.6. The molecule has 0 aliphatic heterocycles. The summed E-state index contributed by atoms with van der Waals surface area (Å²) in [5, 5.41) is 2.53. The summed E-state index contributed by atoms with van der Waals surface area (Å²) in [4.78, 5) is 23.6. The van der Waals surface area contributed by atoms with Gasteiger partial charge in [0.15, 0.2) is 6.61 Å². The Morgan fingerprint density at radius 2 is 1.64 bits per heavy atom. The Bertz CT molecular complexity index is 896. The van der Waals surface area contributed by atoms with Crippen molar-refractivity contribution in [3.63, 3.8) is 0 Å². The quantitative estimate of drug-likeness (QED) is 0.638. The number of rotatable bonds is 9. The molecule has 0 heterocycles. The Morgan fingerprint density at radius 1 is 1.00 bits per heavy atom. The average Bonchev–Trinajstić information content (AvgIpc) is 2.67. The smallest absolute Gasteiger partial charge is 0.309 e. The Morgan fingerprint density at radius 3 is 2.25 bits per heavy atom. The van der Waals surface area contributed by atoms with Crippen LogP contribution in [0.25, 0.3) is 0 Å². The van der Waals surface area contributed by atoms with Gasteiger partial charge in [-0.05, 0) is 36.4 Å². The van der Waals surface area contributed by atoms with E-state index in [1.54, 1.807) is 12.1 Å². The second-order valence-electron chi connectivity index (χ2n) is 5.93. The topological polar surface area (TPSA) is 102 Å². The zero-order valence-corrected chi connectivity index (χ0v) is 16.4. The second-order valence-corrected chi connectivity index (χ2v) is 8.08. The maximum atomic E-state index is 12.0. The lowest BCUT2D eigenvalue weighted by Gasteiger charge is -2.12. The first-order chi connectivity index (χ1) is 13.3. The van der Waals surface area contributed by atoms with Gasteiger partial charge < -0.3 is 14.8 Å². The van der Waals surface area contributed by atoms with Crippen LogP contribution in [-0.4, -0.2) is 51.9 Å². The minimum atomic E-state index is -3.53. The minimum absolute atomic E-state index is 0.0132. The fourth-order valence-corrected chi connectivity index (χ4v) is 3.01. The third-order valence-electron chi connectivity index (χ3n) is 3.60. The van der Waals surface area contributed by atoms with Crippen molar-refractivity contribution < 1.29 is 27.5 Å². The van der Waals surface area contributed by atoms with E-state index in [4.69, 9.17) is 9.47 Å². The largest absolute Gasteiger partial charge is 0.493 e. The number of hydrogen-bond acceptors (Lipinski definition) is 6. The number of anilines is 1. The molecule has 2 aromatic rings. The van der Waals surface area contributed by atoms with Crippen LogP contribution in [0.1, 0.15) is 6.42 Å². The molecule has 0 bridgehead atoms. The van der Waals surface area contributed by atoms with Gasteiger partial charge in [0.25, 0.3) is 5.91 Å². The van der Waals surface area contributed by atoms with Gasteiger partial charge in [-0.3, -0.25) is 9.59 Å². The molecule has 1 amide bonds. The monoisotopic (exact) mass is 406 g/mol. The molecule has 2 rings (SSSR count). The molecule has 150 valence electrons. The molecular formula is C19H22N2O6S. The Balaban J connectivity index is 1.74. The highest BCUT2D eigenvalue weighted by molar-refractivity contribution is 7.89. The maximum absolute atomic E-state index is 12.0. The average molecular weight is 406 g/mol. The number of benzene rings is 2. The molecule has 9 heteroatoms. The molecular weight excluding hydrogens is 384 g/mol. The standard InChI is InChI=1S/C19H22N2O6S/c1-21(2)28(24,25)17-10-8-15(9-11-17)20-18(22)14-27-19(23)12-13-26-16-6-4-3-5-7-16/h3-11H,12-14H2,1-2H3,(H,20,22). The Labute approximate surface area is 164 Å². The van der Waals surface area contributed by atoms with Crippen molar-refractivity contribution in [1.82, 2.24) is 4.31 Å². The van der Waals surface area contributed by atoms with Crippen LogP contribution in [0.5, 0.6) is 5.75 Å². The van der Waals surface area contributed by atoms with Gasteiger partial charge >= 0.3 is 5.97 Å². The molecule has 0 saturated heterocycles. The van der Waals surface area contributed by atoms with Crippen LogP contribution < -0.4 is 10.1 Å². The van der Waals surface area contributed by atoms with E-state index in [0.29, 0.717) is 11.4 Å². The van der Waals surface area contributed by atoms with E-state index in [2.05, 4.69) is 5.32 Å². The van der Waals surface area contributed by atoms with E-state index in [-0.39, 0.29) is 17.9 Å². The third-order valence-corrected chi connectivity index (χ3v) is 5.43. The molecule has 0 aromatic heterocycles. The zero-order chi connectivity index (χ0) is 20.6. The van der Waals surface area contributed by atoms with Gasteiger partial charge in [-0.2, -0.15) is 0 Å². The van der Waals surface area contributed by atoms with E-state index in [0.717, 1.165) is 4.31 Å². The highest BCUT2D eigenvalue weighted by atomic mass is 32.2. The lowest BCUT2D eigenvalue weighted by molar-refractivity contribution is -0.147. The number of esters is 1. The number of nitrogens with one attached hydrogen (secondary N) is 1. The first kappa shape index (κ1) is 21.4. The van der Waals surface area contributed by atoms with Gasteiger partial charge in [-0.15, -0.1) is 0 Å². The number of ether oxygens (including phenoxy) is 2. The first-order valence-corrected chi connectivity index (χ1v) is 9.89. The van der Waals surface area contributed by atoms with Crippen LogP contribution in [0.3, 0.4) is 0 Å². The van der Waals surface area contributed by atoms with Gasteiger partial charge in [-0.1, -0.05) is 18.2 Å². The summed E-state index contributed by atoms with van der Waals surface area (Å²) >= 11 is 0. The molecule has 8 nitrogen and oxygen atoms in total. The van der Waals surface area contributed by atoms with E-state index >= 15 is 0 Å². The van der Waals surface area contributed by atoms with Crippen LogP contribution in [0, 0.1) is 0 Å². The predicted molar refractivity (Wildman–Crippen MR) is 103 cm³/mol. The number of carbonyl (C=O) groups excluding carboxylic acids is 2. The summed E-state index contributed by atoms with van der Waals surface area (Å²) in [6.07, 6.45) is 0.0132. The summed E-state index contributed by atoms with van der Waals surface area (Å²) in [6, 6.07) is 14.7. The molecule has 0 spiro atoms. The van der Waals surface area contributed by atoms with Crippen molar-refractivity contribution in [3.05, 3.63) is 54.6 Å². The molecule has 0 fully saturated rings. The summed E-state index contributed by atoms with van der Waals surface area (Å²) < 4.78 is 35.4. The Hall–Kier alpha value is -2.91. The Kier molecular flexibility index (Phi) is 7.53. The summed E-state index contributed by atoms with van der Waals surface area (Å²) in [5.74, 6) is -0.438. The van der Waals surface area contributed by atoms with E-state index in [1.165, 1.54) is 38.4 Å². The van der Waals surface area contributed by atoms with Gasteiger partial charge in [0, 0.05) is 19.8 Å². The van der Waals surface area contributed by atoms with Crippen molar-refractivity contribution in [2.24, 2.45) is 0 Å². The predicted octanol–water partition coefficient (Wildman–Crippen LogP) is 1.89. The van der Waals surface area contributed by atoms with Crippen molar-refractivity contribution in [2.75, 3.05) is 32.6 Å². The number of nitrogens with zero attached hydrogens (tertiary/aromatic N) is 1. The summed E-state index contributed by atoms with van der Waals surface area (Å²) in [7, 11) is -0.664. The fraction of sp³-hybridized carbons (Fsp3) is 0.263. The van der Waals surface area contributed by atoms with Gasteiger partial charge in [-0.25, -0.2) is 12.7 Å². The second kappa shape index (κ2) is 9.86. The molecule has 0 unspecified atom stereocenters. The van der Waals surface area contributed by atoms with Crippen LogP contribution in [0.15, 0.2) is 59.5 Å². The number of para-hydroxylation sites is 1. The molecule has 2 aromatic carbocycles. The lowest BCUT2D eigenvalue weighted by Crippen LogP contribution is -2.23. The van der Waals surface area contributed by atoms with Gasteiger partial charge in [0.1, 0.15) is 5.75 Å². The van der Waals surface area contributed by atoms with Gasteiger partial charge in [0.05, 0.1) is 17.9 Å². The molecule has 0 aliphatic carbocycles. The highest BCUT2D eigenvalue weighted by Gasteiger charge is 2.17. The first-order valence-electron chi connectivity index (χ1n) is 8.45. The SMILES string of the molecule is CN(C)S(=O)(=O)c1ccc(NC(=O)COC(=O)CCOc2ccccc2)cc1. The fourth-order valence-electron chi connectivity index (χ4n) is 2.11. The summed E-state index contributed by atoms with van der Waals surface area (Å²) in [5.41, 5.74) is 0.395.